The molecule has 0 aliphatic rings. The van der Waals surface area contributed by atoms with Crippen LogP contribution in [0.4, 0.5) is 13.2 Å². The van der Waals surface area contributed by atoms with Crippen LogP contribution in [0.1, 0.15) is 32.0 Å². The van der Waals surface area contributed by atoms with Gasteiger partial charge in [0.05, 0.1) is 5.69 Å². The third-order valence-electron chi connectivity index (χ3n) is 3.72. The van der Waals surface area contributed by atoms with Gasteiger partial charge in [-0.2, -0.15) is 13.2 Å². The van der Waals surface area contributed by atoms with E-state index in [1.807, 2.05) is 0 Å². The Kier molecular flexibility index (Phi) is 6.58. The molecule has 0 saturated heterocycles. The third kappa shape index (κ3) is 5.34. The van der Waals surface area contributed by atoms with Crippen LogP contribution in [0.5, 0.6) is 0 Å². The molecule has 30 heavy (non-hydrogen) atoms. The number of carbonyl (C=O) groups is 1. The zero-order valence-corrected chi connectivity index (χ0v) is 17.8. The largest absolute Gasteiger partial charge is 0.456 e. The lowest BCUT2D eigenvalue weighted by Crippen LogP contribution is -2.40. The third-order valence-corrected chi connectivity index (χ3v) is 4.33. The second-order valence-corrected chi connectivity index (χ2v) is 8.06. The Morgan fingerprint density at radius 2 is 1.73 bits per heavy atom. The number of alkyl halides is 3. The maximum atomic E-state index is 13.0. The van der Waals surface area contributed by atoms with Gasteiger partial charge in [-0.15, -0.1) is 0 Å². The smallest absolute Gasteiger partial charge is 0.431 e. The first kappa shape index (κ1) is 23.8. The highest BCUT2D eigenvalue weighted by Crippen LogP contribution is 2.27. The van der Waals surface area contributed by atoms with Crippen molar-refractivity contribution in [1.29, 1.82) is 0 Å². The van der Waals surface area contributed by atoms with Crippen LogP contribution >= 0.6 is 23.2 Å². The van der Waals surface area contributed by atoms with E-state index in [0.29, 0.717) is 15.2 Å². The summed E-state index contributed by atoms with van der Waals surface area (Å²) in [4.78, 5) is 36.7. The molecule has 162 valence electrons. The van der Waals surface area contributed by atoms with Crippen molar-refractivity contribution in [2.75, 3.05) is 0 Å². The summed E-state index contributed by atoms with van der Waals surface area (Å²) in [7, 11) is 0.900. The Morgan fingerprint density at radius 3 is 2.27 bits per heavy atom. The minimum Gasteiger partial charge on any atom is -0.456 e. The number of benzene rings is 1. The summed E-state index contributed by atoms with van der Waals surface area (Å²) in [5, 5.41) is -0.200. The molecule has 11 heteroatoms. The lowest BCUT2D eigenvalue weighted by molar-refractivity contribution is -0.149. The van der Waals surface area contributed by atoms with Gasteiger partial charge in [-0.3, -0.25) is 9.36 Å². The van der Waals surface area contributed by atoms with Crippen LogP contribution in [-0.4, -0.2) is 20.7 Å². The van der Waals surface area contributed by atoms with Crippen molar-refractivity contribution in [3.05, 3.63) is 66.4 Å². The molecule has 0 aliphatic carbocycles. The Bertz CT molecular complexity index is 1140. The zero-order valence-electron chi connectivity index (χ0n) is 16.3. The van der Waals surface area contributed by atoms with Crippen molar-refractivity contribution in [2.24, 2.45) is 7.05 Å². The van der Waals surface area contributed by atoms with E-state index >= 15 is 0 Å². The first-order chi connectivity index (χ1) is 13.6. The Balaban J connectivity index is 2.59. The SMILES string of the molecule is Cn1c(C(F)(F)F)cc(=O)n(-c2ccc(Cl)c(C=C(Cl)C(=O)OC(C)(C)C)c2)c1=O. The molecule has 0 bridgehead atoms. The van der Waals surface area contributed by atoms with Gasteiger partial charge in [0, 0.05) is 18.1 Å². The Labute approximate surface area is 179 Å². The molecule has 0 unspecified atom stereocenters. The molecular formula is C19H17Cl2F3N2O4. The van der Waals surface area contributed by atoms with Crippen LogP contribution in [0.3, 0.4) is 0 Å². The number of esters is 1. The summed E-state index contributed by atoms with van der Waals surface area (Å²) < 4.78 is 45.0. The molecule has 0 radical (unpaired) electrons. The molecular weight excluding hydrogens is 448 g/mol. The molecule has 0 amide bonds. The van der Waals surface area contributed by atoms with E-state index < -0.39 is 34.7 Å². The quantitative estimate of drug-likeness (QED) is 0.505. The number of rotatable bonds is 3. The van der Waals surface area contributed by atoms with Gasteiger partial charge >= 0.3 is 17.8 Å². The molecule has 6 nitrogen and oxygen atoms in total. The van der Waals surface area contributed by atoms with Crippen LogP contribution in [0.2, 0.25) is 5.02 Å². The summed E-state index contributed by atoms with van der Waals surface area (Å²) in [6, 6.07) is 4.15. The van der Waals surface area contributed by atoms with Crippen LogP contribution in [-0.2, 0) is 22.8 Å². The topological polar surface area (TPSA) is 70.3 Å². The number of hydrogen-bond donors (Lipinski definition) is 0. The summed E-state index contributed by atoms with van der Waals surface area (Å²) in [6.07, 6.45) is -3.71. The van der Waals surface area contributed by atoms with Gasteiger partial charge in [0.15, 0.2) is 0 Å². The lowest BCUT2D eigenvalue weighted by Gasteiger charge is -2.19. The molecule has 2 rings (SSSR count). The van der Waals surface area contributed by atoms with Gasteiger partial charge in [0.25, 0.3) is 5.56 Å². The van der Waals surface area contributed by atoms with E-state index in [-0.39, 0.29) is 21.3 Å². The van der Waals surface area contributed by atoms with Crippen LogP contribution in [0.15, 0.2) is 38.9 Å². The van der Waals surface area contributed by atoms with E-state index in [1.54, 1.807) is 20.8 Å². The summed E-state index contributed by atoms with van der Waals surface area (Å²) >= 11 is 12.1. The number of carbonyl (C=O) groups excluding carboxylic acids is 1. The summed E-state index contributed by atoms with van der Waals surface area (Å²) in [6.45, 7) is 4.94. The predicted molar refractivity (Wildman–Crippen MR) is 107 cm³/mol. The van der Waals surface area contributed by atoms with Crippen molar-refractivity contribution in [1.82, 2.24) is 9.13 Å². The van der Waals surface area contributed by atoms with Crippen LogP contribution in [0.25, 0.3) is 11.8 Å². The van der Waals surface area contributed by atoms with Crippen molar-refractivity contribution < 1.29 is 22.7 Å². The second-order valence-electron chi connectivity index (χ2n) is 7.24. The monoisotopic (exact) mass is 464 g/mol. The van der Waals surface area contributed by atoms with Crippen molar-refractivity contribution in [2.45, 2.75) is 32.5 Å². The fourth-order valence-electron chi connectivity index (χ4n) is 2.44. The molecule has 2 aromatic rings. The summed E-state index contributed by atoms with van der Waals surface area (Å²) in [5.41, 5.74) is -4.46. The lowest BCUT2D eigenvalue weighted by atomic mass is 10.1. The minimum absolute atomic E-state index is 0.0568. The van der Waals surface area contributed by atoms with Gasteiger partial charge in [0.2, 0.25) is 0 Å². The molecule has 0 aliphatic heterocycles. The Morgan fingerprint density at radius 1 is 1.13 bits per heavy atom. The van der Waals surface area contributed by atoms with Crippen LogP contribution in [0, 0.1) is 0 Å². The number of hydrogen-bond acceptors (Lipinski definition) is 4. The normalized spacial score (nSPS) is 12.8. The Hall–Kier alpha value is -2.52. The first-order valence-electron chi connectivity index (χ1n) is 8.42. The van der Waals surface area contributed by atoms with Gasteiger partial charge in [0.1, 0.15) is 16.3 Å². The average Bonchev–Trinajstić information content (AvgIpc) is 2.58. The molecule has 1 aromatic heterocycles. The fourth-order valence-corrected chi connectivity index (χ4v) is 2.77. The van der Waals surface area contributed by atoms with E-state index in [9.17, 15) is 27.6 Å². The molecule has 0 atom stereocenters. The molecule has 1 aromatic carbocycles. The minimum atomic E-state index is -4.87. The number of halogens is 5. The van der Waals surface area contributed by atoms with Gasteiger partial charge in [-0.1, -0.05) is 23.2 Å². The predicted octanol–water partition coefficient (Wildman–Crippen LogP) is 4.13. The highest BCUT2D eigenvalue weighted by molar-refractivity contribution is 6.43. The van der Waals surface area contributed by atoms with Crippen molar-refractivity contribution >= 4 is 35.2 Å². The van der Waals surface area contributed by atoms with E-state index in [1.165, 1.54) is 24.3 Å². The maximum Gasteiger partial charge on any atom is 0.431 e. The number of ether oxygens (including phenoxy) is 1. The van der Waals surface area contributed by atoms with Gasteiger partial charge < -0.3 is 4.74 Å². The number of nitrogens with zero attached hydrogens (tertiary/aromatic N) is 2. The number of aromatic nitrogens is 2. The van der Waals surface area contributed by atoms with Crippen molar-refractivity contribution in [3.8, 4) is 5.69 Å². The molecule has 0 spiro atoms. The molecule has 0 fully saturated rings. The standard InChI is InChI=1S/C19H17Cl2F3N2O4/c1-18(2,3)30-16(28)13(21)8-10-7-11(5-6-12(10)20)26-15(27)9-14(19(22,23)24)25(4)17(26)29/h5-9H,1-4H3. The molecule has 0 saturated carbocycles. The van der Waals surface area contributed by atoms with Gasteiger partial charge in [-0.05, 0) is 50.6 Å². The van der Waals surface area contributed by atoms with Crippen molar-refractivity contribution in [3.63, 3.8) is 0 Å². The van der Waals surface area contributed by atoms with E-state index in [0.717, 1.165) is 7.05 Å². The maximum absolute atomic E-state index is 13.0. The first-order valence-corrected chi connectivity index (χ1v) is 9.18. The molecule has 0 N–H and O–H groups in total. The molecule has 1 heterocycles. The fraction of sp³-hybridized carbons (Fsp3) is 0.316. The average molecular weight is 465 g/mol. The van der Waals surface area contributed by atoms with Gasteiger partial charge in [-0.25, -0.2) is 14.2 Å². The zero-order chi connectivity index (χ0) is 23.0. The van der Waals surface area contributed by atoms with Crippen LogP contribution < -0.4 is 11.2 Å². The second kappa shape index (κ2) is 8.31. The highest BCUT2D eigenvalue weighted by atomic mass is 35.5. The highest BCUT2D eigenvalue weighted by Gasteiger charge is 2.35. The van der Waals surface area contributed by atoms with E-state index in [2.05, 4.69) is 0 Å². The summed E-state index contributed by atoms with van der Waals surface area (Å²) in [5.74, 6) is -0.826. The van der Waals surface area contributed by atoms with E-state index in [4.69, 9.17) is 27.9 Å².